The molecule has 0 aromatic rings. The fourth-order valence-electron chi connectivity index (χ4n) is 2.89. The van der Waals surface area contributed by atoms with Crippen molar-refractivity contribution in [3.8, 4) is 0 Å². The molecule has 2 unspecified atom stereocenters. The summed E-state index contributed by atoms with van der Waals surface area (Å²) in [6, 6.07) is 0. The molecular formula is C10H18ClNO2S. The van der Waals surface area contributed by atoms with Gasteiger partial charge in [0.2, 0.25) is 10.0 Å². The van der Waals surface area contributed by atoms with Crippen LogP contribution in [-0.2, 0) is 10.0 Å². The number of hydrogen-bond acceptors (Lipinski definition) is 2. The molecule has 1 saturated carbocycles. The molecule has 0 spiro atoms. The lowest BCUT2D eigenvalue weighted by Gasteiger charge is -2.40. The fraction of sp³-hybridized carbons (Fsp3) is 1.00. The third-order valence-corrected chi connectivity index (χ3v) is 6.01. The molecular weight excluding hydrogens is 234 g/mol. The Hall–Kier alpha value is 0.200. The van der Waals surface area contributed by atoms with Gasteiger partial charge in [0.25, 0.3) is 0 Å². The van der Waals surface area contributed by atoms with Gasteiger partial charge in [0.05, 0.1) is 0 Å². The van der Waals surface area contributed by atoms with Gasteiger partial charge in [-0.2, -0.15) is 0 Å². The second-order valence-corrected chi connectivity index (χ2v) is 7.23. The maximum absolute atomic E-state index is 11.6. The van der Waals surface area contributed by atoms with Gasteiger partial charge in [0.15, 0.2) is 0 Å². The Kier molecular flexibility index (Phi) is 3.58. The van der Waals surface area contributed by atoms with Gasteiger partial charge in [-0.3, -0.25) is 0 Å². The molecule has 2 aliphatic rings. The van der Waals surface area contributed by atoms with Crippen molar-refractivity contribution in [1.82, 2.24) is 4.31 Å². The van der Waals surface area contributed by atoms with Crippen LogP contribution >= 0.6 is 11.6 Å². The number of halogens is 1. The Morgan fingerprint density at radius 2 is 1.80 bits per heavy atom. The van der Waals surface area contributed by atoms with E-state index in [0.29, 0.717) is 19.0 Å². The maximum Gasteiger partial charge on any atom is 0.228 e. The summed E-state index contributed by atoms with van der Waals surface area (Å²) in [5.41, 5.74) is 0. The summed E-state index contributed by atoms with van der Waals surface area (Å²) in [5.74, 6) is 1.35. The van der Waals surface area contributed by atoms with Crippen molar-refractivity contribution in [2.45, 2.75) is 32.1 Å². The summed E-state index contributed by atoms with van der Waals surface area (Å²) in [6.07, 6.45) is 6.10. The molecule has 88 valence electrons. The third-order valence-electron chi connectivity index (χ3n) is 3.79. The SMILES string of the molecule is O=S(=O)(CCl)N1CCC2CCCCC2C1. The molecule has 0 aromatic heterocycles. The summed E-state index contributed by atoms with van der Waals surface area (Å²) in [5, 5.41) is -0.273. The van der Waals surface area contributed by atoms with E-state index in [0.717, 1.165) is 12.3 Å². The zero-order valence-corrected chi connectivity index (χ0v) is 10.4. The lowest BCUT2D eigenvalue weighted by molar-refractivity contribution is 0.137. The van der Waals surface area contributed by atoms with Crippen LogP contribution in [0.3, 0.4) is 0 Å². The van der Waals surface area contributed by atoms with Crippen LogP contribution in [0.2, 0.25) is 0 Å². The lowest BCUT2D eigenvalue weighted by atomic mass is 9.76. The van der Waals surface area contributed by atoms with E-state index in [1.165, 1.54) is 25.7 Å². The molecule has 1 aliphatic heterocycles. The molecule has 5 heteroatoms. The van der Waals surface area contributed by atoms with E-state index in [9.17, 15) is 8.42 Å². The summed E-state index contributed by atoms with van der Waals surface area (Å²) in [4.78, 5) is 0. The van der Waals surface area contributed by atoms with Crippen LogP contribution in [0.5, 0.6) is 0 Å². The van der Waals surface area contributed by atoms with Crippen LogP contribution < -0.4 is 0 Å². The molecule has 0 bridgehead atoms. The predicted octanol–water partition coefficient (Wildman–Crippen LogP) is 2.02. The van der Waals surface area contributed by atoms with Crippen molar-refractivity contribution in [3.63, 3.8) is 0 Å². The van der Waals surface area contributed by atoms with Crippen molar-refractivity contribution < 1.29 is 8.42 Å². The van der Waals surface area contributed by atoms with Gasteiger partial charge < -0.3 is 0 Å². The number of sulfonamides is 1. The maximum atomic E-state index is 11.6. The van der Waals surface area contributed by atoms with Gasteiger partial charge in [0.1, 0.15) is 5.21 Å². The molecule has 15 heavy (non-hydrogen) atoms. The largest absolute Gasteiger partial charge is 0.228 e. The minimum atomic E-state index is -3.17. The lowest BCUT2D eigenvalue weighted by Crippen LogP contribution is -2.45. The van der Waals surface area contributed by atoms with Gasteiger partial charge in [-0.1, -0.05) is 19.3 Å². The van der Waals surface area contributed by atoms with Crippen molar-refractivity contribution in [1.29, 1.82) is 0 Å². The van der Waals surface area contributed by atoms with Gasteiger partial charge in [-0.25, -0.2) is 12.7 Å². The third kappa shape index (κ3) is 2.48. The van der Waals surface area contributed by atoms with E-state index in [1.54, 1.807) is 4.31 Å². The molecule has 3 nitrogen and oxygen atoms in total. The van der Waals surface area contributed by atoms with Gasteiger partial charge in [-0.15, -0.1) is 11.6 Å². The monoisotopic (exact) mass is 251 g/mol. The highest BCUT2D eigenvalue weighted by molar-refractivity contribution is 7.90. The molecule has 1 heterocycles. The molecule has 2 fully saturated rings. The van der Waals surface area contributed by atoms with Crippen LogP contribution in [-0.4, -0.2) is 31.0 Å². The van der Waals surface area contributed by atoms with Crippen LogP contribution in [0, 0.1) is 11.8 Å². The summed E-state index contributed by atoms with van der Waals surface area (Å²) < 4.78 is 24.8. The smallest absolute Gasteiger partial charge is 0.211 e. The van der Waals surface area contributed by atoms with E-state index >= 15 is 0 Å². The summed E-state index contributed by atoms with van der Waals surface area (Å²) >= 11 is 5.47. The highest BCUT2D eigenvalue weighted by atomic mass is 35.5. The number of nitrogens with zero attached hydrogens (tertiary/aromatic N) is 1. The Balaban J connectivity index is 2.02. The van der Waals surface area contributed by atoms with E-state index in [-0.39, 0.29) is 5.21 Å². The zero-order valence-electron chi connectivity index (χ0n) is 8.86. The minimum Gasteiger partial charge on any atom is -0.211 e. The molecule has 2 atom stereocenters. The van der Waals surface area contributed by atoms with Crippen LogP contribution in [0.25, 0.3) is 0 Å². The van der Waals surface area contributed by atoms with Crippen LogP contribution in [0.1, 0.15) is 32.1 Å². The highest BCUT2D eigenvalue weighted by Gasteiger charge is 2.35. The Morgan fingerprint density at radius 1 is 1.13 bits per heavy atom. The van der Waals surface area contributed by atoms with E-state index in [1.807, 2.05) is 0 Å². The van der Waals surface area contributed by atoms with Crippen LogP contribution in [0.15, 0.2) is 0 Å². The minimum absolute atomic E-state index is 0.273. The Morgan fingerprint density at radius 3 is 2.47 bits per heavy atom. The Labute approximate surface area is 96.8 Å². The summed E-state index contributed by atoms with van der Waals surface area (Å²) in [7, 11) is -3.17. The second-order valence-electron chi connectivity index (χ2n) is 4.67. The van der Waals surface area contributed by atoms with Crippen LogP contribution in [0.4, 0.5) is 0 Å². The Bertz CT molecular complexity index is 317. The molecule has 2 rings (SSSR count). The van der Waals surface area contributed by atoms with Crippen molar-refractivity contribution >= 4 is 21.6 Å². The first-order valence-electron chi connectivity index (χ1n) is 5.67. The number of hydrogen-bond donors (Lipinski definition) is 0. The molecule has 0 N–H and O–H groups in total. The summed E-state index contributed by atoms with van der Waals surface area (Å²) in [6.45, 7) is 1.38. The quantitative estimate of drug-likeness (QED) is 0.705. The average Bonchev–Trinajstić information content (AvgIpc) is 2.28. The van der Waals surface area contributed by atoms with Crippen molar-refractivity contribution in [2.24, 2.45) is 11.8 Å². The van der Waals surface area contributed by atoms with E-state index in [2.05, 4.69) is 0 Å². The van der Waals surface area contributed by atoms with Gasteiger partial charge in [-0.05, 0) is 24.7 Å². The first-order chi connectivity index (χ1) is 7.13. The molecule has 1 aliphatic carbocycles. The fourth-order valence-corrected chi connectivity index (χ4v) is 4.24. The zero-order chi connectivity index (χ0) is 10.9. The second kappa shape index (κ2) is 4.60. The number of alkyl halides is 1. The topological polar surface area (TPSA) is 37.4 Å². The normalized spacial score (nSPS) is 33.7. The van der Waals surface area contributed by atoms with E-state index in [4.69, 9.17) is 11.6 Å². The van der Waals surface area contributed by atoms with Crippen molar-refractivity contribution in [3.05, 3.63) is 0 Å². The van der Waals surface area contributed by atoms with E-state index < -0.39 is 10.0 Å². The van der Waals surface area contributed by atoms with Gasteiger partial charge >= 0.3 is 0 Å². The number of rotatable bonds is 2. The molecule has 1 saturated heterocycles. The average molecular weight is 252 g/mol. The first-order valence-corrected chi connectivity index (χ1v) is 7.81. The first kappa shape index (κ1) is 11.7. The number of piperidine rings is 1. The van der Waals surface area contributed by atoms with Crippen molar-refractivity contribution in [2.75, 3.05) is 18.3 Å². The molecule has 0 radical (unpaired) electrons. The molecule has 0 aromatic carbocycles. The van der Waals surface area contributed by atoms with Gasteiger partial charge in [0, 0.05) is 13.1 Å². The predicted molar refractivity (Wildman–Crippen MR) is 61.3 cm³/mol. The highest BCUT2D eigenvalue weighted by Crippen LogP contribution is 2.36. The number of fused-ring (bicyclic) bond motifs is 1. The molecule has 0 amide bonds. The standard InChI is InChI=1S/C10H18ClNO2S/c11-8-15(13,14)12-6-5-9-3-1-2-4-10(9)7-12/h9-10H,1-8H2.